The molecule has 184 valence electrons. The van der Waals surface area contributed by atoms with Crippen molar-refractivity contribution in [2.75, 3.05) is 31.1 Å². The highest BCUT2D eigenvalue weighted by Crippen LogP contribution is 2.45. The number of benzene rings is 2. The van der Waals surface area contributed by atoms with Crippen LogP contribution < -0.4 is 4.90 Å². The quantitative estimate of drug-likeness (QED) is 0.438. The highest BCUT2D eigenvalue weighted by molar-refractivity contribution is 9.10. The average molecular weight is 542 g/mol. The summed E-state index contributed by atoms with van der Waals surface area (Å²) in [6.07, 6.45) is 1.41. The van der Waals surface area contributed by atoms with Crippen molar-refractivity contribution < 1.29 is 18.7 Å². The molecule has 4 rings (SSSR count). The van der Waals surface area contributed by atoms with Gasteiger partial charge in [-0.2, -0.15) is 0 Å². The molecular weight excluding hydrogens is 513 g/mol. The van der Waals surface area contributed by atoms with E-state index in [1.165, 1.54) is 6.07 Å². The molecule has 0 aromatic heterocycles. The molecule has 6 nitrogen and oxygen atoms in total. The molecule has 0 radical (unpaired) electrons. The predicted octanol–water partition coefficient (Wildman–Crippen LogP) is 5.97. The number of rotatable bonds is 2. The van der Waals surface area contributed by atoms with Gasteiger partial charge in [0.2, 0.25) is 0 Å². The molecule has 35 heavy (non-hydrogen) atoms. The van der Waals surface area contributed by atoms with Crippen LogP contribution in [0, 0.1) is 19.7 Å². The number of aryl methyl sites for hydroxylation is 2. The van der Waals surface area contributed by atoms with E-state index < -0.39 is 5.60 Å². The van der Waals surface area contributed by atoms with Gasteiger partial charge in [-0.1, -0.05) is 18.2 Å². The van der Waals surface area contributed by atoms with E-state index in [9.17, 15) is 14.0 Å². The summed E-state index contributed by atoms with van der Waals surface area (Å²) in [4.78, 5) is 30.3. The number of anilines is 2. The Morgan fingerprint density at radius 3 is 2.29 bits per heavy atom. The number of para-hydroxylation sites is 1. The van der Waals surface area contributed by atoms with Gasteiger partial charge in [-0.25, -0.2) is 14.0 Å². The number of hydrogen-bond acceptors (Lipinski definition) is 5. The van der Waals surface area contributed by atoms with Gasteiger partial charge in [-0.15, -0.1) is 0 Å². The topological polar surface area (TPSA) is 53.1 Å². The maximum absolute atomic E-state index is 14.8. The number of allylic oxidation sites excluding steroid dienone is 1. The van der Waals surface area contributed by atoms with Crippen LogP contribution >= 0.6 is 15.9 Å². The summed E-state index contributed by atoms with van der Waals surface area (Å²) in [5, 5.41) is 0. The normalized spacial score (nSPS) is 16.0. The Morgan fingerprint density at radius 1 is 1.09 bits per heavy atom. The zero-order valence-corrected chi connectivity index (χ0v) is 22.2. The zero-order valence-electron chi connectivity index (χ0n) is 20.6. The number of piperazine rings is 1. The average Bonchev–Trinajstić information content (AvgIpc) is 2.79. The van der Waals surface area contributed by atoms with Gasteiger partial charge in [0, 0.05) is 37.4 Å². The van der Waals surface area contributed by atoms with E-state index in [0.29, 0.717) is 47.6 Å². The summed E-state index contributed by atoms with van der Waals surface area (Å²) in [7, 11) is 0. The van der Waals surface area contributed by atoms with E-state index in [1.54, 1.807) is 17.0 Å². The Kier molecular flexibility index (Phi) is 6.80. The van der Waals surface area contributed by atoms with Crippen LogP contribution in [0.4, 0.5) is 20.6 Å². The van der Waals surface area contributed by atoms with Crippen LogP contribution in [-0.2, 0) is 9.53 Å². The van der Waals surface area contributed by atoms with E-state index in [2.05, 4.69) is 26.8 Å². The van der Waals surface area contributed by atoms with E-state index in [-0.39, 0.29) is 11.9 Å². The highest BCUT2D eigenvalue weighted by Gasteiger charge is 2.33. The lowest BCUT2D eigenvalue weighted by Gasteiger charge is -2.41. The first-order valence-electron chi connectivity index (χ1n) is 11.6. The van der Waals surface area contributed by atoms with Gasteiger partial charge in [-0.05, 0) is 79.9 Å². The SMILES string of the molecule is Cc1cccc(C)c1N1C(=C=O)C=C(N2CCN(C(=O)OC(C)(C)C)CC2)c2cc(F)c(Br)cc21. The van der Waals surface area contributed by atoms with Gasteiger partial charge in [0.25, 0.3) is 0 Å². The van der Waals surface area contributed by atoms with E-state index in [0.717, 1.165) is 22.5 Å². The van der Waals surface area contributed by atoms with Crippen LogP contribution in [0.3, 0.4) is 0 Å². The van der Waals surface area contributed by atoms with E-state index in [4.69, 9.17) is 4.74 Å². The van der Waals surface area contributed by atoms with Crippen molar-refractivity contribution in [2.45, 2.75) is 40.2 Å². The zero-order chi connectivity index (χ0) is 25.5. The molecule has 2 aliphatic heterocycles. The Hall–Kier alpha value is -3.09. The molecule has 1 amide bonds. The lowest BCUT2D eigenvalue weighted by Crippen LogP contribution is -2.49. The number of amides is 1. The lowest BCUT2D eigenvalue weighted by molar-refractivity contribution is 0.0182. The van der Waals surface area contributed by atoms with E-state index in [1.807, 2.05) is 57.7 Å². The molecule has 0 aliphatic carbocycles. The second kappa shape index (κ2) is 9.51. The standard InChI is InChI=1S/C27H29BrFN3O3/c1-17-7-6-8-18(2)25(17)32-19(16-33)13-23(20-14-22(29)21(28)15-24(20)32)30-9-11-31(12-10-30)26(34)35-27(3,4)5/h6-8,13-15H,9-12H2,1-5H3. The minimum Gasteiger partial charge on any atom is -0.444 e. The number of carbonyl (C=O) groups is 1. The van der Waals surface area contributed by atoms with E-state index >= 15 is 0 Å². The molecule has 0 unspecified atom stereocenters. The molecule has 2 heterocycles. The molecule has 0 bridgehead atoms. The van der Waals surface area contributed by atoms with Crippen molar-refractivity contribution in [1.29, 1.82) is 0 Å². The fourth-order valence-electron chi connectivity index (χ4n) is 4.52. The Bertz CT molecular complexity index is 1230. The Balaban J connectivity index is 1.72. The first kappa shape index (κ1) is 25.0. The number of fused-ring (bicyclic) bond motifs is 1. The smallest absolute Gasteiger partial charge is 0.410 e. The van der Waals surface area contributed by atoms with Gasteiger partial charge in [0.05, 0.1) is 15.8 Å². The number of hydrogen-bond donors (Lipinski definition) is 0. The summed E-state index contributed by atoms with van der Waals surface area (Å²) < 4.78 is 20.6. The van der Waals surface area contributed by atoms with Crippen LogP contribution in [0.2, 0.25) is 0 Å². The minimum atomic E-state index is -0.565. The van der Waals surface area contributed by atoms with Crippen molar-refractivity contribution >= 4 is 45.0 Å². The van der Waals surface area contributed by atoms with Crippen LogP contribution in [0.25, 0.3) is 5.70 Å². The molecule has 0 spiro atoms. The maximum Gasteiger partial charge on any atom is 0.410 e. The molecular formula is C27H29BrFN3O3. The second-order valence-corrected chi connectivity index (χ2v) is 10.7. The third-order valence-electron chi connectivity index (χ3n) is 6.11. The fourth-order valence-corrected chi connectivity index (χ4v) is 4.85. The Morgan fingerprint density at radius 2 is 1.71 bits per heavy atom. The number of nitrogens with zero attached hydrogens (tertiary/aromatic N) is 3. The van der Waals surface area contributed by atoms with Crippen LogP contribution in [0.15, 0.2) is 46.6 Å². The largest absolute Gasteiger partial charge is 0.444 e. The summed E-state index contributed by atoms with van der Waals surface area (Å²) in [6.45, 7) is 11.5. The number of carbonyl (C=O) groups excluding carboxylic acids is 2. The van der Waals surface area contributed by atoms with Gasteiger partial charge in [-0.3, -0.25) is 4.90 Å². The number of ether oxygens (including phenoxy) is 1. The molecule has 1 fully saturated rings. The summed E-state index contributed by atoms with van der Waals surface area (Å²) in [5.74, 6) is 1.71. The van der Waals surface area contributed by atoms with Gasteiger partial charge in [0.1, 0.15) is 17.1 Å². The van der Waals surface area contributed by atoms with Gasteiger partial charge >= 0.3 is 6.09 Å². The maximum atomic E-state index is 14.8. The molecule has 1 saturated heterocycles. The molecule has 2 aromatic rings. The van der Waals surface area contributed by atoms with Crippen LogP contribution in [-0.4, -0.2) is 53.6 Å². The van der Waals surface area contributed by atoms with Crippen molar-refractivity contribution in [2.24, 2.45) is 0 Å². The summed E-state index contributed by atoms with van der Waals surface area (Å²) in [5.41, 5.74) is 4.74. The molecule has 2 aromatic carbocycles. The van der Waals surface area contributed by atoms with Crippen molar-refractivity contribution in [1.82, 2.24) is 9.80 Å². The van der Waals surface area contributed by atoms with Crippen LogP contribution in [0.1, 0.15) is 37.5 Å². The second-order valence-electron chi connectivity index (χ2n) is 9.83. The number of halogens is 2. The molecule has 0 N–H and O–H groups in total. The molecule has 2 aliphatic rings. The first-order valence-corrected chi connectivity index (χ1v) is 12.3. The third-order valence-corrected chi connectivity index (χ3v) is 6.72. The molecule has 0 atom stereocenters. The summed E-state index contributed by atoms with van der Waals surface area (Å²) in [6, 6.07) is 9.14. The first-order chi connectivity index (χ1) is 16.5. The van der Waals surface area contributed by atoms with Crippen molar-refractivity contribution in [3.05, 3.63) is 69.1 Å². The highest BCUT2D eigenvalue weighted by atomic mass is 79.9. The summed E-state index contributed by atoms with van der Waals surface area (Å²) >= 11 is 3.32. The van der Waals surface area contributed by atoms with Crippen molar-refractivity contribution in [3.8, 4) is 0 Å². The van der Waals surface area contributed by atoms with Gasteiger partial charge < -0.3 is 14.5 Å². The third kappa shape index (κ3) is 5.00. The van der Waals surface area contributed by atoms with Gasteiger partial charge in [0.15, 0.2) is 5.94 Å². The monoisotopic (exact) mass is 541 g/mol. The molecule has 0 saturated carbocycles. The lowest BCUT2D eigenvalue weighted by atomic mass is 9.97. The minimum absolute atomic E-state index is 0.314. The fraction of sp³-hybridized carbons (Fsp3) is 0.370. The molecule has 8 heteroatoms. The van der Waals surface area contributed by atoms with Crippen LogP contribution in [0.5, 0.6) is 0 Å². The van der Waals surface area contributed by atoms with Crippen molar-refractivity contribution in [3.63, 3.8) is 0 Å². The Labute approximate surface area is 213 Å². The predicted molar refractivity (Wildman–Crippen MR) is 139 cm³/mol.